The van der Waals surface area contributed by atoms with Gasteiger partial charge < -0.3 is 15.0 Å². The quantitative estimate of drug-likeness (QED) is 0.902. The maximum absolute atomic E-state index is 13.9. The van der Waals surface area contributed by atoms with Gasteiger partial charge in [0.15, 0.2) is 0 Å². The Morgan fingerprint density at radius 1 is 1.38 bits per heavy atom. The Morgan fingerprint density at radius 2 is 2.24 bits per heavy atom. The number of piperidine rings is 1. The van der Waals surface area contributed by atoms with Gasteiger partial charge in [0.1, 0.15) is 11.9 Å². The normalized spacial score (nSPS) is 26.6. The molecule has 2 atom stereocenters. The van der Waals surface area contributed by atoms with Gasteiger partial charge in [-0.05, 0) is 25.5 Å². The zero-order valence-corrected chi connectivity index (χ0v) is 12.1. The molecule has 2 aliphatic heterocycles. The van der Waals surface area contributed by atoms with E-state index in [1.165, 1.54) is 6.07 Å². The van der Waals surface area contributed by atoms with Crippen molar-refractivity contribution in [2.45, 2.75) is 18.9 Å². The third-order valence-electron chi connectivity index (χ3n) is 4.28. The Morgan fingerprint density at radius 3 is 3.00 bits per heavy atom. The summed E-state index contributed by atoms with van der Waals surface area (Å²) in [5.74, 6) is -0.0407. The third-order valence-corrected chi connectivity index (χ3v) is 4.28. The zero-order valence-electron chi connectivity index (χ0n) is 12.1. The molecule has 2 fully saturated rings. The van der Waals surface area contributed by atoms with Gasteiger partial charge in [-0.1, -0.05) is 18.2 Å². The average molecular weight is 292 g/mol. The Kier molecular flexibility index (Phi) is 4.51. The van der Waals surface area contributed by atoms with E-state index in [0.29, 0.717) is 25.3 Å². The number of hydrogen-bond acceptors (Lipinski definition) is 3. The largest absolute Gasteiger partial charge is 0.370 e. The van der Waals surface area contributed by atoms with Crippen LogP contribution in [-0.4, -0.2) is 43.6 Å². The summed E-state index contributed by atoms with van der Waals surface area (Å²) in [4.78, 5) is 14.4. The topological polar surface area (TPSA) is 41.6 Å². The molecule has 1 amide bonds. The lowest BCUT2D eigenvalue weighted by Crippen LogP contribution is -2.48. The molecule has 2 saturated heterocycles. The Hall–Kier alpha value is -1.46. The molecule has 0 radical (unpaired) electrons. The molecule has 0 bridgehead atoms. The van der Waals surface area contributed by atoms with Crippen LogP contribution < -0.4 is 5.32 Å². The lowest BCUT2D eigenvalue weighted by atomic mass is 9.97. The van der Waals surface area contributed by atoms with Crippen molar-refractivity contribution in [2.24, 2.45) is 5.92 Å². The minimum absolute atomic E-state index is 0.0538. The number of amides is 1. The van der Waals surface area contributed by atoms with E-state index in [1.807, 2.05) is 4.90 Å². The van der Waals surface area contributed by atoms with Crippen LogP contribution >= 0.6 is 0 Å². The van der Waals surface area contributed by atoms with Crippen molar-refractivity contribution < 1.29 is 13.9 Å². The molecule has 2 heterocycles. The summed E-state index contributed by atoms with van der Waals surface area (Å²) in [7, 11) is 0. The molecular formula is C16H21FN2O2. The smallest absolute Gasteiger partial charge is 0.227 e. The first kappa shape index (κ1) is 14.5. The van der Waals surface area contributed by atoms with Gasteiger partial charge in [-0.3, -0.25) is 4.79 Å². The summed E-state index contributed by atoms with van der Waals surface area (Å²) in [6, 6.07) is 6.63. The van der Waals surface area contributed by atoms with Crippen molar-refractivity contribution in [3.8, 4) is 0 Å². The molecule has 2 aliphatic rings. The zero-order chi connectivity index (χ0) is 14.7. The summed E-state index contributed by atoms with van der Waals surface area (Å²) in [6.07, 6.45) is 1.62. The lowest BCUT2D eigenvalue weighted by Gasteiger charge is -2.36. The molecule has 5 heteroatoms. The van der Waals surface area contributed by atoms with E-state index in [9.17, 15) is 9.18 Å². The first-order chi connectivity index (χ1) is 10.3. The average Bonchev–Trinajstić information content (AvgIpc) is 2.55. The number of ether oxygens (including phenoxy) is 1. The van der Waals surface area contributed by atoms with Gasteiger partial charge in [0.25, 0.3) is 0 Å². The van der Waals surface area contributed by atoms with Gasteiger partial charge in [0, 0.05) is 18.7 Å². The van der Waals surface area contributed by atoms with E-state index in [2.05, 4.69) is 5.32 Å². The van der Waals surface area contributed by atoms with E-state index in [1.54, 1.807) is 18.2 Å². The summed E-state index contributed by atoms with van der Waals surface area (Å²) in [6.45, 7) is 3.24. The molecule has 0 aromatic heterocycles. The van der Waals surface area contributed by atoms with Crippen LogP contribution in [0, 0.1) is 11.7 Å². The van der Waals surface area contributed by atoms with Crippen molar-refractivity contribution in [1.82, 2.24) is 10.2 Å². The number of nitrogens with zero attached hydrogens (tertiary/aromatic N) is 1. The first-order valence-electron chi connectivity index (χ1n) is 7.61. The number of morpholine rings is 1. The fraction of sp³-hybridized carbons (Fsp3) is 0.562. The minimum atomic E-state index is -0.361. The van der Waals surface area contributed by atoms with Gasteiger partial charge >= 0.3 is 0 Å². The highest BCUT2D eigenvalue weighted by molar-refractivity contribution is 5.79. The molecular weight excluding hydrogens is 271 g/mol. The maximum Gasteiger partial charge on any atom is 0.227 e. The number of hydrogen-bond donors (Lipinski definition) is 1. The predicted octanol–water partition coefficient (Wildman–Crippen LogP) is 1.73. The van der Waals surface area contributed by atoms with Crippen LogP contribution in [0.15, 0.2) is 24.3 Å². The van der Waals surface area contributed by atoms with Crippen molar-refractivity contribution in [3.05, 3.63) is 35.6 Å². The highest BCUT2D eigenvalue weighted by Crippen LogP contribution is 2.26. The Labute approximate surface area is 124 Å². The van der Waals surface area contributed by atoms with Crippen molar-refractivity contribution in [1.29, 1.82) is 0 Å². The van der Waals surface area contributed by atoms with Crippen LogP contribution in [0.3, 0.4) is 0 Å². The summed E-state index contributed by atoms with van der Waals surface area (Å²) in [5, 5.41) is 3.27. The van der Waals surface area contributed by atoms with Crippen molar-refractivity contribution >= 4 is 5.91 Å². The molecule has 3 rings (SSSR count). The number of rotatable bonds is 2. The maximum atomic E-state index is 13.9. The van der Waals surface area contributed by atoms with Crippen molar-refractivity contribution in [2.75, 3.05) is 32.8 Å². The number of halogens is 1. The van der Waals surface area contributed by atoms with Gasteiger partial charge in [-0.25, -0.2) is 4.39 Å². The highest BCUT2D eigenvalue weighted by atomic mass is 19.1. The van der Waals surface area contributed by atoms with E-state index >= 15 is 0 Å². The van der Waals surface area contributed by atoms with Gasteiger partial charge in [0.05, 0.1) is 19.1 Å². The molecule has 1 aromatic carbocycles. The van der Waals surface area contributed by atoms with E-state index in [-0.39, 0.29) is 23.7 Å². The summed E-state index contributed by atoms with van der Waals surface area (Å²) in [5.41, 5.74) is 0.539. The molecule has 1 N–H and O–H groups in total. The molecule has 114 valence electrons. The second-order valence-electron chi connectivity index (χ2n) is 5.71. The SMILES string of the molecule is O=C([C@@H]1CCCNC1)N1CCO[C@@H](c2ccccc2F)C1. The minimum Gasteiger partial charge on any atom is -0.370 e. The predicted molar refractivity (Wildman–Crippen MR) is 77.3 cm³/mol. The second kappa shape index (κ2) is 6.54. The van der Waals surface area contributed by atoms with Crippen LogP contribution in [-0.2, 0) is 9.53 Å². The molecule has 21 heavy (non-hydrogen) atoms. The molecule has 1 aromatic rings. The van der Waals surface area contributed by atoms with Crippen LogP contribution in [0.4, 0.5) is 4.39 Å². The number of carbonyl (C=O) groups is 1. The standard InChI is InChI=1S/C16H21FN2O2/c17-14-6-2-1-5-13(14)15-11-19(8-9-21-15)16(20)12-4-3-7-18-10-12/h1-2,5-6,12,15,18H,3-4,7-11H2/t12-,15-/m1/s1. The lowest BCUT2D eigenvalue weighted by molar-refractivity contribution is -0.144. The second-order valence-corrected chi connectivity index (χ2v) is 5.71. The Balaban J connectivity index is 1.68. The fourth-order valence-corrected chi connectivity index (χ4v) is 3.09. The van der Waals surface area contributed by atoms with Gasteiger partial charge in [0.2, 0.25) is 5.91 Å². The molecule has 4 nitrogen and oxygen atoms in total. The first-order valence-corrected chi connectivity index (χ1v) is 7.61. The molecule has 0 spiro atoms. The third kappa shape index (κ3) is 3.24. The van der Waals surface area contributed by atoms with E-state index < -0.39 is 0 Å². The van der Waals surface area contributed by atoms with Crippen molar-refractivity contribution in [3.63, 3.8) is 0 Å². The number of nitrogens with one attached hydrogen (secondary N) is 1. The number of benzene rings is 1. The number of carbonyl (C=O) groups excluding carboxylic acids is 1. The van der Waals surface area contributed by atoms with Crippen LogP contribution in [0.1, 0.15) is 24.5 Å². The van der Waals surface area contributed by atoms with Crippen LogP contribution in [0.5, 0.6) is 0 Å². The molecule has 0 unspecified atom stereocenters. The van der Waals surface area contributed by atoms with Crippen LogP contribution in [0.2, 0.25) is 0 Å². The van der Waals surface area contributed by atoms with E-state index in [4.69, 9.17) is 4.74 Å². The summed E-state index contributed by atoms with van der Waals surface area (Å²) < 4.78 is 19.5. The Bertz CT molecular complexity index is 503. The monoisotopic (exact) mass is 292 g/mol. The van der Waals surface area contributed by atoms with Gasteiger partial charge in [-0.15, -0.1) is 0 Å². The van der Waals surface area contributed by atoms with E-state index in [0.717, 1.165) is 25.9 Å². The summed E-state index contributed by atoms with van der Waals surface area (Å²) >= 11 is 0. The highest BCUT2D eigenvalue weighted by Gasteiger charge is 2.31. The molecule has 0 saturated carbocycles. The fourth-order valence-electron chi connectivity index (χ4n) is 3.09. The van der Waals surface area contributed by atoms with Crippen LogP contribution in [0.25, 0.3) is 0 Å². The van der Waals surface area contributed by atoms with Gasteiger partial charge in [-0.2, -0.15) is 0 Å². The molecule has 0 aliphatic carbocycles.